The number of hydrogen-bond acceptors (Lipinski definition) is 3. The molecule has 1 amide bonds. The fourth-order valence-corrected chi connectivity index (χ4v) is 2.96. The van der Waals surface area contributed by atoms with Crippen LogP contribution in [0.25, 0.3) is 0 Å². The molecule has 2 aliphatic rings. The van der Waals surface area contributed by atoms with Crippen LogP contribution in [-0.2, 0) is 14.3 Å². The zero-order chi connectivity index (χ0) is 15.1. The second kappa shape index (κ2) is 5.00. The Labute approximate surface area is 122 Å². The van der Waals surface area contributed by atoms with E-state index in [0.717, 1.165) is 11.1 Å². The predicted molar refractivity (Wildman–Crippen MR) is 77.0 cm³/mol. The molecular weight excluding hydrogens is 270 g/mol. The monoisotopic (exact) mass is 287 g/mol. The van der Waals surface area contributed by atoms with Gasteiger partial charge < -0.3 is 15.2 Å². The molecule has 1 fully saturated rings. The fourth-order valence-electron chi connectivity index (χ4n) is 2.96. The van der Waals surface area contributed by atoms with Gasteiger partial charge in [0.1, 0.15) is 5.92 Å². The normalized spacial score (nSPS) is 29.6. The smallest absolute Gasteiger partial charge is 0.310 e. The summed E-state index contributed by atoms with van der Waals surface area (Å²) in [5.74, 6) is -2.79. The van der Waals surface area contributed by atoms with Crippen LogP contribution >= 0.6 is 0 Å². The number of carboxylic acids is 1. The lowest BCUT2D eigenvalue weighted by molar-refractivity contribution is -0.145. The van der Waals surface area contributed by atoms with Crippen LogP contribution in [0, 0.1) is 25.7 Å². The van der Waals surface area contributed by atoms with E-state index in [1.165, 1.54) is 0 Å². The molecule has 2 heterocycles. The van der Waals surface area contributed by atoms with Crippen LogP contribution in [0.2, 0.25) is 0 Å². The van der Waals surface area contributed by atoms with Crippen LogP contribution in [-0.4, -0.2) is 29.2 Å². The quantitative estimate of drug-likeness (QED) is 0.833. The lowest BCUT2D eigenvalue weighted by Crippen LogP contribution is -2.39. The maximum absolute atomic E-state index is 12.4. The number of rotatable bonds is 3. The number of benzene rings is 1. The van der Waals surface area contributed by atoms with Crippen molar-refractivity contribution in [1.82, 2.24) is 0 Å². The highest BCUT2D eigenvalue weighted by Crippen LogP contribution is 2.39. The van der Waals surface area contributed by atoms with Crippen molar-refractivity contribution in [3.8, 4) is 0 Å². The van der Waals surface area contributed by atoms with Crippen molar-refractivity contribution in [1.29, 1.82) is 0 Å². The molecule has 4 atom stereocenters. The molecule has 0 aliphatic carbocycles. The highest BCUT2D eigenvalue weighted by atomic mass is 16.5. The van der Waals surface area contributed by atoms with E-state index in [1.54, 1.807) is 12.2 Å². The highest BCUT2D eigenvalue weighted by Gasteiger charge is 2.53. The van der Waals surface area contributed by atoms with Gasteiger partial charge in [-0.1, -0.05) is 18.2 Å². The van der Waals surface area contributed by atoms with Gasteiger partial charge in [-0.15, -0.1) is 0 Å². The number of nitrogens with one attached hydrogen (secondary N) is 1. The Kier molecular flexibility index (Phi) is 3.29. The van der Waals surface area contributed by atoms with Crippen LogP contribution in [0.15, 0.2) is 30.4 Å². The van der Waals surface area contributed by atoms with Gasteiger partial charge in [-0.05, 0) is 37.1 Å². The molecule has 110 valence electrons. The summed E-state index contributed by atoms with van der Waals surface area (Å²) in [5, 5.41) is 12.1. The zero-order valence-corrected chi connectivity index (χ0v) is 11.9. The van der Waals surface area contributed by atoms with Crippen molar-refractivity contribution in [2.75, 3.05) is 5.32 Å². The highest BCUT2D eigenvalue weighted by molar-refractivity contribution is 5.96. The van der Waals surface area contributed by atoms with Gasteiger partial charge in [0.15, 0.2) is 0 Å². The number of aliphatic carboxylic acids is 1. The number of carboxylic acid groups (broad SMARTS) is 1. The largest absolute Gasteiger partial charge is 0.481 e. The van der Waals surface area contributed by atoms with Gasteiger partial charge in [0.05, 0.1) is 18.1 Å². The molecule has 0 saturated carbocycles. The summed E-state index contributed by atoms with van der Waals surface area (Å²) in [5.41, 5.74) is 2.90. The minimum Gasteiger partial charge on any atom is -0.481 e. The van der Waals surface area contributed by atoms with Crippen molar-refractivity contribution in [2.45, 2.75) is 26.1 Å². The van der Waals surface area contributed by atoms with Crippen molar-refractivity contribution in [3.63, 3.8) is 0 Å². The minimum absolute atomic E-state index is 0.303. The third kappa shape index (κ3) is 2.34. The van der Waals surface area contributed by atoms with Crippen LogP contribution in [0.1, 0.15) is 11.1 Å². The van der Waals surface area contributed by atoms with Gasteiger partial charge in [-0.2, -0.15) is 0 Å². The Morgan fingerprint density at radius 1 is 1.10 bits per heavy atom. The first-order valence-corrected chi connectivity index (χ1v) is 6.92. The lowest BCUT2D eigenvalue weighted by atomic mass is 9.82. The standard InChI is InChI=1S/C16H17NO4/c1-8-3-4-10(7-9(8)2)17-15(18)13-11-5-6-12(21-11)14(13)16(19)20/h3-7,11-14H,1-2H3,(H,17,18)(H,19,20)/t11-,12+,13+,14-/m0/s1. The molecule has 2 N–H and O–H groups in total. The van der Waals surface area contributed by atoms with Crippen molar-refractivity contribution in [3.05, 3.63) is 41.5 Å². The molecule has 5 nitrogen and oxygen atoms in total. The Hall–Kier alpha value is -2.14. The van der Waals surface area contributed by atoms with Crippen molar-refractivity contribution < 1.29 is 19.4 Å². The summed E-state index contributed by atoms with van der Waals surface area (Å²) in [4.78, 5) is 23.8. The third-order valence-corrected chi connectivity index (χ3v) is 4.26. The maximum atomic E-state index is 12.4. The molecule has 2 bridgehead atoms. The van der Waals surface area contributed by atoms with Crippen LogP contribution in [0.3, 0.4) is 0 Å². The number of amides is 1. The lowest BCUT2D eigenvalue weighted by Gasteiger charge is -2.21. The van der Waals surface area contributed by atoms with Gasteiger partial charge in [-0.3, -0.25) is 9.59 Å². The molecule has 3 rings (SSSR count). The maximum Gasteiger partial charge on any atom is 0.310 e. The topological polar surface area (TPSA) is 75.6 Å². The molecule has 0 unspecified atom stereocenters. The number of fused-ring (bicyclic) bond motifs is 2. The second-order valence-electron chi connectivity index (χ2n) is 5.63. The predicted octanol–water partition coefficient (Wildman–Crippen LogP) is 1.90. The molecule has 0 spiro atoms. The average Bonchev–Trinajstić information content (AvgIpc) is 3.03. The van der Waals surface area contributed by atoms with Gasteiger partial charge >= 0.3 is 5.97 Å². The van der Waals surface area contributed by atoms with E-state index in [9.17, 15) is 14.7 Å². The summed E-state index contributed by atoms with van der Waals surface area (Å²) in [7, 11) is 0. The number of carbonyl (C=O) groups excluding carboxylic acids is 1. The Morgan fingerprint density at radius 2 is 1.76 bits per heavy atom. The van der Waals surface area contributed by atoms with Gasteiger partial charge in [0.25, 0.3) is 0 Å². The minimum atomic E-state index is -0.993. The molecule has 1 aromatic rings. The molecular formula is C16H17NO4. The summed E-state index contributed by atoms with van der Waals surface area (Å²) < 4.78 is 5.51. The second-order valence-corrected chi connectivity index (χ2v) is 5.63. The number of carbonyl (C=O) groups is 2. The molecule has 1 aromatic carbocycles. The summed E-state index contributed by atoms with van der Waals surface area (Å²) in [6.07, 6.45) is 2.56. The molecule has 21 heavy (non-hydrogen) atoms. The number of anilines is 1. The Bertz CT molecular complexity index is 637. The molecule has 5 heteroatoms. The summed E-state index contributed by atoms with van der Waals surface area (Å²) in [6, 6.07) is 5.63. The molecule has 0 aromatic heterocycles. The number of hydrogen-bond donors (Lipinski definition) is 2. The summed E-state index contributed by atoms with van der Waals surface area (Å²) >= 11 is 0. The van der Waals surface area contributed by atoms with E-state index in [1.807, 2.05) is 32.0 Å². The van der Waals surface area contributed by atoms with E-state index in [4.69, 9.17) is 4.74 Å². The molecule has 1 saturated heterocycles. The first kappa shape index (κ1) is 13.8. The molecule has 2 aliphatic heterocycles. The van der Waals surface area contributed by atoms with Crippen LogP contribution in [0.5, 0.6) is 0 Å². The Balaban J connectivity index is 1.80. The first-order valence-electron chi connectivity index (χ1n) is 6.92. The summed E-state index contributed by atoms with van der Waals surface area (Å²) in [6.45, 7) is 3.96. The van der Waals surface area contributed by atoms with E-state index < -0.39 is 30.0 Å². The third-order valence-electron chi connectivity index (χ3n) is 4.26. The SMILES string of the molecule is Cc1ccc(NC(=O)[C@H]2[C@@H](C(=O)O)[C@H]3C=C[C@@H]2O3)cc1C. The van der Waals surface area contributed by atoms with Gasteiger partial charge in [-0.25, -0.2) is 0 Å². The van der Waals surface area contributed by atoms with Crippen LogP contribution in [0.4, 0.5) is 5.69 Å². The van der Waals surface area contributed by atoms with E-state index >= 15 is 0 Å². The first-order chi connectivity index (χ1) is 9.97. The molecule has 0 radical (unpaired) electrons. The van der Waals surface area contributed by atoms with Gasteiger partial charge in [0.2, 0.25) is 5.91 Å². The van der Waals surface area contributed by atoms with Crippen molar-refractivity contribution >= 4 is 17.6 Å². The average molecular weight is 287 g/mol. The van der Waals surface area contributed by atoms with Crippen molar-refractivity contribution in [2.24, 2.45) is 11.8 Å². The number of ether oxygens (including phenoxy) is 1. The fraction of sp³-hybridized carbons (Fsp3) is 0.375. The van der Waals surface area contributed by atoms with Crippen LogP contribution < -0.4 is 5.32 Å². The number of aryl methyl sites for hydroxylation is 2. The van der Waals surface area contributed by atoms with E-state index in [0.29, 0.717) is 5.69 Å². The van der Waals surface area contributed by atoms with Gasteiger partial charge in [0, 0.05) is 5.69 Å². The van der Waals surface area contributed by atoms with E-state index in [2.05, 4.69) is 5.32 Å². The van der Waals surface area contributed by atoms with E-state index in [-0.39, 0.29) is 5.91 Å². The Morgan fingerprint density at radius 3 is 2.38 bits per heavy atom. The zero-order valence-electron chi connectivity index (χ0n) is 11.9.